The molecule has 3 rings (SSSR count). The quantitative estimate of drug-likeness (QED) is 0.709. The van der Waals surface area contributed by atoms with Crippen molar-refractivity contribution in [3.63, 3.8) is 0 Å². The van der Waals surface area contributed by atoms with Crippen LogP contribution in [0.15, 0.2) is 59.1 Å². The SMILES string of the molecule is Nc1ccc2nc(NCc3cccc(Br)c3)ccc2c1. The van der Waals surface area contributed by atoms with Gasteiger partial charge in [0.2, 0.25) is 0 Å². The number of hydrogen-bond donors (Lipinski definition) is 2. The number of rotatable bonds is 3. The summed E-state index contributed by atoms with van der Waals surface area (Å²) in [6.45, 7) is 0.743. The summed E-state index contributed by atoms with van der Waals surface area (Å²) in [6, 6.07) is 18.0. The van der Waals surface area contributed by atoms with E-state index in [1.54, 1.807) is 0 Å². The van der Waals surface area contributed by atoms with Crippen LogP contribution < -0.4 is 11.1 Å². The van der Waals surface area contributed by atoms with Gasteiger partial charge in [0.25, 0.3) is 0 Å². The van der Waals surface area contributed by atoms with Crippen molar-refractivity contribution in [2.24, 2.45) is 0 Å². The molecule has 0 saturated carbocycles. The summed E-state index contributed by atoms with van der Waals surface area (Å²) in [5.41, 5.74) is 8.67. The molecule has 0 spiro atoms. The van der Waals surface area contributed by atoms with E-state index in [0.29, 0.717) is 0 Å². The maximum Gasteiger partial charge on any atom is 0.126 e. The lowest BCUT2D eigenvalue weighted by Gasteiger charge is -2.07. The van der Waals surface area contributed by atoms with Crippen LogP contribution in [0.5, 0.6) is 0 Å². The van der Waals surface area contributed by atoms with Crippen LogP contribution in [0, 0.1) is 0 Å². The van der Waals surface area contributed by atoms with Gasteiger partial charge in [0.15, 0.2) is 0 Å². The van der Waals surface area contributed by atoms with E-state index in [4.69, 9.17) is 5.73 Å². The van der Waals surface area contributed by atoms with Crippen molar-refractivity contribution < 1.29 is 0 Å². The molecular formula is C16H14BrN3. The van der Waals surface area contributed by atoms with Crippen LogP contribution in [0.4, 0.5) is 11.5 Å². The van der Waals surface area contributed by atoms with E-state index in [2.05, 4.69) is 38.4 Å². The second-order valence-electron chi connectivity index (χ2n) is 4.63. The number of pyridine rings is 1. The van der Waals surface area contributed by atoms with Gasteiger partial charge in [-0.05, 0) is 48.0 Å². The smallest absolute Gasteiger partial charge is 0.126 e. The van der Waals surface area contributed by atoms with Gasteiger partial charge in [-0.1, -0.05) is 28.1 Å². The third-order valence-corrected chi connectivity index (χ3v) is 3.57. The third kappa shape index (κ3) is 2.91. The average Bonchev–Trinajstić information content (AvgIpc) is 2.45. The molecule has 1 heterocycles. The minimum atomic E-state index is 0.743. The Morgan fingerprint density at radius 1 is 1.05 bits per heavy atom. The van der Waals surface area contributed by atoms with Crippen LogP contribution in [-0.2, 0) is 6.54 Å². The minimum Gasteiger partial charge on any atom is -0.399 e. The molecule has 0 radical (unpaired) electrons. The van der Waals surface area contributed by atoms with Crippen LogP contribution >= 0.6 is 15.9 Å². The predicted molar refractivity (Wildman–Crippen MR) is 87.6 cm³/mol. The maximum atomic E-state index is 5.76. The number of nitrogens with one attached hydrogen (secondary N) is 1. The lowest BCUT2D eigenvalue weighted by Crippen LogP contribution is -2.01. The molecule has 3 nitrogen and oxygen atoms in total. The van der Waals surface area contributed by atoms with Crippen molar-refractivity contribution in [2.45, 2.75) is 6.54 Å². The highest BCUT2D eigenvalue weighted by Gasteiger charge is 1.99. The Hall–Kier alpha value is -2.07. The van der Waals surface area contributed by atoms with Crippen LogP contribution in [-0.4, -0.2) is 4.98 Å². The molecule has 0 saturated heterocycles. The molecular weight excluding hydrogens is 314 g/mol. The van der Waals surface area contributed by atoms with Crippen molar-refractivity contribution in [3.05, 3.63) is 64.6 Å². The largest absolute Gasteiger partial charge is 0.399 e. The van der Waals surface area contributed by atoms with Crippen molar-refractivity contribution in [1.29, 1.82) is 0 Å². The van der Waals surface area contributed by atoms with Gasteiger partial charge < -0.3 is 11.1 Å². The van der Waals surface area contributed by atoms with E-state index >= 15 is 0 Å². The number of nitrogens with two attached hydrogens (primary N) is 1. The number of benzene rings is 2. The lowest BCUT2D eigenvalue weighted by atomic mass is 10.2. The first-order valence-electron chi connectivity index (χ1n) is 6.35. The molecule has 1 aromatic heterocycles. The minimum absolute atomic E-state index is 0.743. The Bertz CT molecular complexity index is 756. The van der Waals surface area contributed by atoms with Crippen molar-refractivity contribution >= 4 is 38.3 Å². The third-order valence-electron chi connectivity index (χ3n) is 3.08. The fourth-order valence-electron chi connectivity index (χ4n) is 2.08. The second kappa shape index (κ2) is 5.51. The number of aromatic nitrogens is 1. The number of nitrogen functional groups attached to an aromatic ring is 1. The van der Waals surface area contributed by atoms with Crippen LogP contribution in [0.1, 0.15) is 5.56 Å². The van der Waals surface area contributed by atoms with Gasteiger partial charge in [0.05, 0.1) is 5.52 Å². The summed E-state index contributed by atoms with van der Waals surface area (Å²) in [4.78, 5) is 4.58. The summed E-state index contributed by atoms with van der Waals surface area (Å²) in [6.07, 6.45) is 0. The molecule has 0 aliphatic carbocycles. The van der Waals surface area contributed by atoms with Crippen LogP contribution in [0.2, 0.25) is 0 Å². The molecule has 0 bridgehead atoms. The molecule has 4 heteroatoms. The molecule has 0 aliphatic heterocycles. The fraction of sp³-hybridized carbons (Fsp3) is 0.0625. The zero-order valence-electron chi connectivity index (χ0n) is 10.8. The molecule has 0 aliphatic rings. The van der Waals surface area contributed by atoms with E-state index in [1.165, 1.54) is 5.56 Å². The summed E-state index contributed by atoms with van der Waals surface area (Å²) < 4.78 is 1.08. The molecule has 0 fully saturated rings. The highest BCUT2D eigenvalue weighted by atomic mass is 79.9. The topological polar surface area (TPSA) is 50.9 Å². The number of halogens is 1. The highest BCUT2D eigenvalue weighted by molar-refractivity contribution is 9.10. The normalized spacial score (nSPS) is 10.7. The van der Waals surface area contributed by atoms with Gasteiger partial charge in [-0.3, -0.25) is 0 Å². The van der Waals surface area contributed by atoms with E-state index < -0.39 is 0 Å². The highest BCUT2D eigenvalue weighted by Crippen LogP contribution is 2.19. The van der Waals surface area contributed by atoms with E-state index in [0.717, 1.165) is 33.4 Å². The molecule has 20 heavy (non-hydrogen) atoms. The first-order chi connectivity index (χ1) is 9.70. The Labute approximate surface area is 126 Å². The molecule has 0 atom stereocenters. The Morgan fingerprint density at radius 2 is 1.95 bits per heavy atom. The molecule has 100 valence electrons. The zero-order chi connectivity index (χ0) is 13.9. The number of anilines is 2. The van der Waals surface area contributed by atoms with Gasteiger partial charge in [0.1, 0.15) is 5.82 Å². The standard InChI is InChI=1S/C16H14BrN3/c17-13-3-1-2-11(8-13)10-19-16-7-4-12-9-14(18)5-6-15(12)20-16/h1-9H,10,18H2,(H,19,20). The van der Waals surface area contributed by atoms with E-state index in [9.17, 15) is 0 Å². The van der Waals surface area contributed by atoms with Crippen LogP contribution in [0.3, 0.4) is 0 Å². The maximum absolute atomic E-state index is 5.76. The summed E-state index contributed by atoms with van der Waals surface area (Å²) >= 11 is 3.47. The molecule has 3 N–H and O–H groups in total. The number of hydrogen-bond acceptors (Lipinski definition) is 3. The predicted octanol–water partition coefficient (Wildman–Crippen LogP) is 4.19. The van der Waals surface area contributed by atoms with E-state index in [1.807, 2.05) is 42.5 Å². The Kier molecular flexibility index (Phi) is 3.56. The first kappa shape index (κ1) is 12.9. The van der Waals surface area contributed by atoms with Gasteiger partial charge in [-0.2, -0.15) is 0 Å². The molecule has 0 unspecified atom stereocenters. The van der Waals surface area contributed by atoms with Crippen molar-refractivity contribution in [2.75, 3.05) is 11.1 Å². The number of fused-ring (bicyclic) bond motifs is 1. The summed E-state index contributed by atoms with van der Waals surface area (Å²) in [5.74, 6) is 0.863. The van der Waals surface area contributed by atoms with Crippen molar-refractivity contribution in [1.82, 2.24) is 4.98 Å². The van der Waals surface area contributed by atoms with Gasteiger partial charge in [0, 0.05) is 22.1 Å². The van der Waals surface area contributed by atoms with Gasteiger partial charge in [-0.25, -0.2) is 4.98 Å². The molecule has 0 amide bonds. The Morgan fingerprint density at radius 3 is 2.80 bits per heavy atom. The van der Waals surface area contributed by atoms with Gasteiger partial charge in [-0.15, -0.1) is 0 Å². The second-order valence-corrected chi connectivity index (χ2v) is 5.55. The van der Waals surface area contributed by atoms with E-state index in [-0.39, 0.29) is 0 Å². The monoisotopic (exact) mass is 327 g/mol. The molecule has 2 aromatic carbocycles. The number of nitrogens with zero attached hydrogens (tertiary/aromatic N) is 1. The average molecular weight is 328 g/mol. The van der Waals surface area contributed by atoms with Gasteiger partial charge >= 0.3 is 0 Å². The summed E-state index contributed by atoms with van der Waals surface area (Å²) in [5, 5.41) is 4.39. The lowest BCUT2D eigenvalue weighted by molar-refractivity contribution is 1.12. The first-order valence-corrected chi connectivity index (χ1v) is 7.15. The summed E-state index contributed by atoms with van der Waals surface area (Å²) in [7, 11) is 0. The Balaban J connectivity index is 1.79. The zero-order valence-corrected chi connectivity index (χ0v) is 12.4. The fourth-order valence-corrected chi connectivity index (χ4v) is 2.53. The van der Waals surface area contributed by atoms with Crippen LogP contribution in [0.25, 0.3) is 10.9 Å². The van der Waals surface area contributed by atoms with Crippen molar-refractivity contribution in [3.8, 4) is 0 Å². The molecule has 3 aromatic rings.